The third-order valence-electron chi connectivity index (χ3n) is 2.46. The fourth-order valence-corrected chi connectivity index (χ4v) is 3.31. The van der Waals surface area contributed by atoms with Crippen LogP contribution in [0.4, 0.5) is 0 Å². The van der Waals surface area contributed by atoms with Crippen LogP contribution in [0.5, 0.6) is 5.75 Å². The summed E-state index contributed by atoms with van der Waals surface area (Å²) in [5.74, 6) is 0.417. The minimum atomic E-state index is -3.63. The van der Waals surface area contributed by atoms with Crippen LogP contribution in [0.15, 0.2) is 23.1 Å². The summed E-state index contributed by atoms with van der Waals surface area (Å²) in [5.41, 5.74) is 0. The topological polar surface area (TPSA) is 66.8 Å². The lowest BCUT2D eigenvalue weighted by Crippen LogP contribution is -2.33. The standard InChI is InChI=1S/C11H16ClNO4S/c1-3-13(6-7-14)18(15,16)9-4-5-11(17-2)10(12)8-9/h4-5,8,14H,3,6-7H2,1-2H3. The SMILES string of the molecule is CCN(CCO)S(=O)(=O)c1ccc(OC)c(Cl)c1. The number of aliphatic hydroxyl groups is 1. The molecule has 0 fully saturated rings. The lowest BCUT2D eigenvalue weighted by molar-refractivity contribution is 0.257. The van der Waals surface area contributed by atoms with E-state index in [0.717, 1.165) is 0 Å². The molecule has 0 aliphatic heterocycles. The zero-order valence-electron chi connectivity index (χ0n) is 10.3. The van der Waals surface area contributed by atoms with E-state index in [9.17, 15) is 8.42 Å². The highest BCUT2D eigenvalue weighted by Crippen LogP contribution is 2.28. The van der Waals surface area contributed by atoms with Crippen molar-refractivity contribution in [3.8, 4) is 5.75 Å². The number of methoxy groups -OCH3 is 1. The van der Waals surface area contributed by atoms with Gasteiger partial charge in [0.15, 0.2) is 0 Å². The van der Waals surface area contributed by atoms with Gasteiger partial charge < -0.3 is 9.84 Å². The van der Waals surface area contributed by atoms with Crippen LogP contribution in [0.2, 0.25) is 5.02 Å². The number of hydrogen-bond donors (Lipinski definition) is 1. The molecule has 0 unspecified atom stereocenters. The zero-order chi connectivity index (χ0) is 13.8. The Bertz CT molecular complexity index is 504. The summed E-state index contributed by atoms with van der Waals surface area (Å²) in [6.45, 7) is 1.82. The van der Waals surface area contributed by atoms with Crippen LogP contribution in [0.25, 0.3) is 0 Å². The van der Waals surface area contributed by atoms with Crippen LogP contribution >= 0.6 is 11.6 Å². The normalized spacial score (nSPS) is 11.8. The van der Waals surface area contributed by atoms with Crippen molar-refractivity contribution in [2.45, 2.75) is 11.8 Å². The molecule has 0 aliphatic rings. The summed E-state index contributed by atoms with van der Waals surface area (Å²) in [6, 6.07) is 4.28. The summed E-state index contributed by atoms with van der Waals surface area (Å²) in [6.07, 6.45) is 0. The van der Waals surface area contributed by atoms with Crippen LogP contribution in [0.3, 0.4) is 0 Å². The zero-order valence-corrected chi connectivity index (χ0v) is 11.8. The van der Waals surface area contributed by atoms with Gasteiger partial charge in [0.1, 0.15) is 5.75 Å². The fourth-order valence-electron chi connectivity index (χ4n) is 1.52. The molecule has 0 saturated heterocycles. The van der Waals surface area contributed by atoms with Gasteiger partial charge in [-0.15, -0.1) is 0 Å². The van der Waals surface area contributed by atoms with E-state index in [0.29, 0.717) is 5.75 Å². The lowest BCUT2D eigenvalue weighted by Gasteiger charge is -2.19. The van der Waals surface area contributed by atoms with Crippen molar-refractivity contribution < 1.29 is 18.3 Å². The van der Waals surface area contributed by atoms with Gasteiger partial charge in [0.25, 0.3) is 0 Å². The van der Waals surface area contributed by atoms with E-state index in [2.05, 4.69) is 0 Å². The highest BCUT2D eigenvalue weighted by molar-refractivity contribution is 7.89. The molecule has 0 heterocycles. The van der Waals surface area contributed by atoms with E-state index < -0.39 is 10.0 Å². The highest BCUT2D eigenvalue weighted by Gasteiger charge is 2.23. The highest BCUT2D eigenvalue weighted by atomic mass is 35.5. The Morgan fingerprint density at radius 2 is 2.11 bits per heavy atom. The Kier molecular flexibility index (Phi) is 5.40. The molecule has 0 radical (unpaired) electrons. The van der Waals surface area contributed by atoms with Crippen LogP contribution in [-0.2, 0) is 10.0 Å². The molecule has 0 aromatic heterocycles. The number of likely N-dealkylation sites (N-methyl/N-ethyl adjacent to an activating group) is 1. The molecule has 1 aromatic rings. The van der Waals surface area contributed by atoms with Gasteiger partial charge in [0.05, 0.1) is 23.6 Å². The first-order valence-electron chi connectivity index (χ1n) is 5.42. The molecule has 18 heavy (non-hydrogen) atoms. The van der Waals surface area contributed by atoms with Gasteiger partial charge in [-0.1, -0.05) is 18.5 Å². The van der Waals surface area contributed by atoms with Gasteiger partial charge in [-0.05, 0) is 18.2 Å². The summed E-state index contributed by atoms with van der Waals surface area (Å²) >= 11 is 5.90. The maximum Gasteiger partial charge on any atom is 0.243 e. The Labute approximate surface area is 112 Å². The van der Waals surface area contributed by atoms with E-state index >= 15 is 0 Å². The second-order valence-corrected chi connectivity index (χ2v) is 5.86. The smallest absolute Gasteiger partial charge is 0.243 e. The van der Waals surface area contributed by atoms with Gasteiger partial charge in [0, 0.05) is 13.1 Å². The fraction of sp³-hybridized carbons (Fsp3) is 0.455. The van der Waals surface area contributed by atoms with E-state index in [4.69, 9.17) is 21.4 Å². The predicted molar refractivity (Wildman–Crippen MR) is 69.5 cm³/mol. The van der Waals surface area contributed by atoms with E-state index in [1.807, 2.05) is 0 Å². The minimum Gasteiger partial charge on any atom is -0.495 e. The Balaban J connectivity index is 3.15. The molecule has 0 atom stereocenters. The Morgan fingerprint density at radius 3 is 2.56 bits per heavy atom. The van der Waals surface area contributed by atoms with Crippen molar-refractivity contribution in [2.24, 2.45) is 0 Å². The lowest BCUT2D eigenvalue weighted by atomic mass is 10.3. The quantitative estimate of drug-likeness (QED) is 0.860. The van der Waals surface area contributed by atoms with E-state index in [-0.39, 0.29) is 29.6 Å². The van der Waals surface area contributed by atoms with Crippen LogP contribution in [0, 0.1) is 0 Å². The Hall–Kier alpha value is -0.820. The van der Waals surface area contributed by atoms with Crippen LogP contribution in [0.1, 0.15) is 6.92 Å². The van der Waals surface area contributed by atoms with Crippen molar-refractivity contribution in [1.29, 1.82) is 0 Å². The third kappa shape index (κ3) is 3.14. The molecule has 0 bridgehead atoms. The van der Waals surface area contributed by atoms with Crippen LogP contribution < -0.4 is 4.74 Å². The number of ether oxygens (including phenoxy) is 1. The maximum atomic E-state index is 12.2. The second kappa shape index (κ2) is 6.38. The molecule has 1 N–H and O–H groups in total. The average Bonchev–Trinajstić information content (AvgIpc) is 2.35. The second-order valence-electron chi connectivity index (χ2n) is 3.52. The number of benzene rings is 1. The molecular weight excluding hydrogens is 278 g/mol. The van der Waals surface area contributed by atoms with Gasteiger partial charge in [-0.3, -0.25) is 0 Å². The number of rotatable bonds is 6. The van der Waals surface area contributed by atoms with Crippen molar-refractivity contribution >= 4 is 21.6 Å². The molecule has 102 valence electrons. The van der Waals surface area contributed by atoms with Crippen LogP contribution in [-0.4, -0.2) is 44.6 Å². The number of sulfonamides is 1. The van der Waals surface area contributed by atoms with Gasteiger partial charge in [0.2, 0.25) is 10.0 Å². The summed E-state index contributed by atoms with van der Waals surface area (Å²) in [4.78, 5) is 0.0867. The van der Waals surface area contributed by atoms with Crippen molar-refractivity contribution in [2.75, 3.05) is 26.8 Å². The molecule has 0 saturated carbocycles. The van der Waals surface area contributed by atoms with Gasteiger partial charge >= 0.3 is 0 Å². The minimum absolute atomic E-state index is 0.0580. The summed E-state index contributed by atoms with van der Waals surface area (Å²) < 4.78 is 30.6. The average molecular weight is 294 g/mol. The predicted octanol–water partition coefficient (Wildman–Crippen LogP) is 1.35. The molecule has 1 aromatic carbocycles. The first kappa shape index (κ1) is 15.2. The third-order valence-corrected chi connectivity index (χ3v) is 4.73. The van der Waals surface area contributed by atoms with Gasteiger partial charge in [-0.2, -0.15) is 4.31 Å². The molecule has 7 heteroatoms. The van der Waals surface area contributed by atoms with E-state index in [1.54, 1.807) is 6.92 Å². The number of nitrogens with zero attached hydrogens (tertiary/aromatic N) is 1. The largest absolute Gasteiger partial charge is 0.495 e. The first-order valence-corrected chi connectivity index (χ1v) is 7.23. The summed E-state index contributed by atoms with van der Waals surface area (Å²) in [5, 5.41) is 9.10. The molecule has 1 rings (SSSR count). The summed E-state index contributed by atoms with van der Waals surface area (Å²) in [7, 11) is -2.17. The molecule has 0 aliphatic carbocycles. The number of halogens is 1. The van der Waals surface area contributed by atoms with Gasteiger partial charge in [-0.25, -0.2) is 8.42 Å². The number of hydrogen-bond acceptors (Lipinski definition) is 4. The monoisotopic (exact) mass is 293 g/mol. The maximum absolute atomic E-state index is 12.2. The first-order chi connectivity index (χ1) is 8.47. The van der Waals surface area contributed by atoms with Crippen molar-refractivity contribution in [3.63, 3.8) is 0 Å². The molecule has 0 amide bonds. The van der Waals surface area contributed by atoms with Crippen molar-refractivity contribution in [1.82, 2.24) is 4.31 Å². The number of aliphatic hydroxyl groups excluding tert-OH is 1. The molecule has 0 spiro atoms. The molecular formula is C11H16ClNO4S. The molecule has 5 nitrogen and oxygen atoms in total. The van der Waals surface area contributed by atoms with Crippen molar-refractivity contribution in [3.05, 3.63) is 23.2 Å². The van der Waals surface area contributed by atoms with E-state index in [1.165, 1.54) is 29.6 Å². The Morgan fingerprint density at radius 1 is 1.44 bits per heavy atom.